The van der Waals surface area contributed by atoms with Crippen LogP contribution in [0.1, 0.15) is 35.2 Å². The van der Waals surface area contributed by atoms with E-state index < -0.39 is 11.6 Å². The molecule has 4 rings (SSSR count). The van der Waals surface area contributed by atoms with Crippen molar-refractivity contribution < 1.29 is 27.8 Å². The molecule has 1 aliphatic heterocycles. The average Bonchev–Trinajstić information content (AvgIpc) is 3.50. The fourth-order valence-electron chi connectivity index (χ4n) is 4.86. The van der Waals surface area contributed by atoms with Crippen LogP contribution in [0, 0.1) is 11.6 Å². The van der Waals surface area contributed by atoms with Gasteiger partial charge in [0.05, 0.1) is 30.7 Å². The number of esters is 1. The molecule has 1 amide bonds. The number of likely N-dealkylation sites (tertiary alicyclic amines) is 1. The highest BCUT2D eigenvalue weighted by molar-refractivity contribution is 5.92. The van der Waals surface area contributed by atoms with Crippen LogP contribution >= 0.6 is 0 Å². The van der Waals surface area contributed by atoms with Gasteiger partial charge < -0.3 is 14.8 Å². The average molecular weight is 527 g/mol. The van der Waals surface area contributed by atoms with Crippen molar-refractivity contribution in [2.24, 2.45) is 7.05 Å². The first-order valence-electron chi connectivity index (χ1n) is 12.4. The normalized spacial score (nSPS) is 21.6. The number of hydrogen-bond acceptors (Lipinski definition) is 6. The molecule has 1 saturated heterocycles. The molecule has 1 N–H and O–H groups in total. The van der Waals surface area contributed by atoms with E-state index in [2.05, 4.69) is 15.3 Å². The molecule has 1 unspecified atom stereocenters. The lowest BCUT2D eigenvalue weighted by molar-refractivity contribution is -0.135. The molecule has 38 heavy (non-hydrogen) atoms. The van der Waals surface area contributed by atoms with Gasteiger partial charge in [-0.2, -0.15) is 5.10 Å². The van der Waals surface area contributed by atoms with Crippen molar-refractivity contribution in [2.75, 3.05) is 40.5 Å². The monoisotopic (exact) mass is 526 g/mol. The lowest BCUT2D eigenvalue weighted by Crippen LogP contribution is -2.39. The van der Waals surface area contributed by atoms with Crippen LogP contribution in [0.15, 0.2) is 54.1 Å². The summed E-state index contributed by atoms with van der Waals surface area (Å²) in [6.07, 6.45) is 9.25. The first kappa shape index (κ1) is 27.4. The SMILES string of the molecule is COCCN1C[C@@H](NC(=O)/C=C\c2cc(C3C=CC(C(=O)OC)=CC3)nn2C)[C@H](c2ccc(F)c(F)c2)C1. The van der Waals surface area contributed by atoms with E-state index in [-0.39, 0.29) is 29.8 Å². The topological polar surface area (TPSA) is 85.7 Å². The second-order valence-electron chi connectivity index (χ2n) is 9.45. The van der Waals surface area contributed by atoms with E-state index in [1.165, 1.54) is 19.3 Å². The highest BCUT2D eigenvalue weighted by Crippen LogP contribution is 2.29. The zero-order chi connectivity index (χ0) is 27.2. The second kappa shape index (κ2) is 12.3. The second-order valence-corrected chi connectivity index (χ2v) is 9.45. The number of nitrogens with zero attached hydrogens (tertiary/aromatic N) is 3. The molecule has 10 heteroatoms. The highest BCUT2D eigenvalue weighted by atomic mass is 19.2. The molecule has 1 fully saturated rings. The summed E-state index contributed by atoms with van der Waals surface area (Å²) >= 11 is 0. The van der Waals surface area contributed by atoms with Gasteiger partial charge in [-0.3, -0.25) is 14.4 Å². The number of benzene rings is 1. The quantitative estimate of drug-likeness (QED) is 0.399. The lowest BCUT2D eigenvalue weighted by Gasteiger charge is -2.19. The third-order valence-electron chi connectivity index (χ3n) is 6.95. The number of carbonyl (C=O) groups excluding carboxylic acids is 2. The number of ether oxygens (including phenoxy) is 2. The Labute approximate surface area is 220 Å². The van der Waals surface area contributed by atoms with Gasteiger partial charge in [-0.1, -0.05) is 24.3 Å². The van der Waals surface area contributed by atoms with Crippen LogP contribution in [-0.4, -0.2) is 73.1 Å². The van der Waals surface area contributed by atoms with Crippen LogP contribution in [0.3, 0.4) is 0 Å². The number of aryl methyl sites for hydroxylation is 1. The van der Waals surface area contributed by atoms with Crippen molar-refractivity contribution >= 4 is 18.0 Å². The molecule has 1 aromatic carbocycles. The number of rotatable bonds is 9. The van der Waals surface area contributed by atoms with E-state index >= 15 is 0 Å². The van der Waals surface area contributed by atoms with Crippen LogP contribution < -0.4 is 5.32 Å². The molecular formula is C28H32F2N4O4. The standard InChI is InChI=1S/C28H32F2N4O4/c1-33-21(15-25(32-33)18-4-6-19(7-5-18)28(36)38-3)9-11-27(35)31-26-17-34(12-13-37-2)16-22(26)20-8-10-23(29)24(30)14-20/h4,6-11,14-15,18,22,26H,5,12-13,16-17H2,1-3H3,(H,31,35)/b11-9-/t18?,22-,26+/m0/s1. The van der Waals surface area contributed by atoms with Crippen LogP contribution in [0.25, 0.3) is 6.08 Å². The number of nitrogens with one attached hydrogen (secondary N) is 1. The van der Waals surface area contributed by atoms with E-state index in [1.54, 1.807) is 37.1 Å². The Morgan fingerprint density at radius 2 is 2.00 bits per heavy atom. The van der Waals surface area contributed by atoms with Crippen molar-refractivity contribution in [3.63, 3.8) is 0 Å². The van der Waals surface area contributed by atoms with Gasteiger partial charge in [0, 0.05) is 57.7 Å². The number of aromatic nitrogens is 2. The van der Waals surface area contributed by atoms with Crippen LogP contribution in [0.5, 0.6) is 0 Å². The Balaban J connectivity index is 1.42. The maximum atomic E-state index is 13.9. The van der Waals surface area contributed by atoms with Gasteiger partial charge in [0.1, 0.15) is 0 Å². The molecule has 2 aliphatic rings. The summed E-state index contributed by atoms with van der Waals surface area (Å²) in [4.78, 5) is 26.7. The predicted molar refractivity (Wildman–Crippen MR) is 138 cm³/mol. The number of allylic oxidation sites excluding steroid dienone is 2. The smallest absolute Gasteiger partial charge is 0.337 e. The molecule has 2 heterocycles. The van der Waals surface area contributed by atoms with E-state index in [1.807, 2.05) is 18.2 Å². The van der Waals surface area contributed by atoms with Crippen LogP contribution in [0.4, 0.5) is 8.78 Å². The maximum Gasteiger partial charge on any atom is 0.337 e. The molecule has 1 aliphatic carbocycles. The molecule has 8 nitrogen and oxygen atoms in total. The third-order valence-corrected chi connectivity index (χ3v) is 6.95. The first-order chi connectivity index (χ1) is 18.3. The van der Waals surface area contributed by atoms with Crippen LogP contribution in [-0.2, 0) is 26.1 Å². The van der Waals surface area contributed by atoms with Crippen molar-refractivity contribution in [3.8, 4) is 0 Å². The van der Waals surface area contributed by atoms with E-state index in [9.17, 15) is 18.4 Å². The van der Waals surface area contributed by atoms with Crippen molar-refractivity contribution in [1.82, 2.24) is 20.0 Å². The Morgan fingerprint density at radius 1 is 1.18 bits per heavy atom. The van der Waals surface area contributed by atoms with Gasteiger partial charge in [0.2, 0.25) is 5.91 Å². The Bertz CT molecular complexity index is 1270. The lowest BCUT2D eigenvalue weighted by atomic mass is 9.94. The van der Waals surface area contributed by atoms with Crippen molar-refractivity contribution in [2.45, 2.75) is 24.3 Å². The van der Waals surface area contributed by atoms with Gasteiger partial charge in [0.25, 0.3) is 0 Å². The summed E-state index contributed by atoms with van der Waals surface area (Å²) in [6.45, 7) is 2.36. The van der Waals surface area contributed by atoms with Gasteiger partial charge in [-0.25, -0.2) is 13.6 Å². The summed E-state index contributed by atoms with van der Waals surface area (Å²) in [5, 5.41) is 7.60. The minimum Gasteiger partial charge on any atom is -0.465 e. The molecule has 0 saturated carbocycles. The van der Waals surface area contributed by atoms with E-state index in [0.29, 0.717) is 43.8 Å². The number of methoxy groups -OCH3 is 2. The minimum absolute atomic E-state index is 0.0130. The van der Waals surface area contributed by atoms with E-state index in [4.69, 9.17) is 9.47 Å². The zero-order valence-corrected chi connectivity index (χ0v) is 21.7. The molecule has 0 bridgehead atoms. The minimum atomic E-state index is -0.903. The fraction of sp³-hybridized carbons (Fsp3) is 0.393. The molecule has 0 radical (unpaired) electrons. The van der Waals surface area contributed by atoms with Crippen molar-refractivity contribution in [1.29, 1.82) is 0 Å². The summed E-state index contributed by atoms with van der Waals surface area (Å²) in [6, 6.07) is 5.52. The van der Waals surface area contributed by atoms with E-state index in [0.717, 1.165) is 17.5 Å². The highest BCUT2D eigenvalue weighted by Gasteiger charge is 2.34. The van der Waals surface area contributed by atoms with Gasteiger partial charge in [-0.05, 0) is 36.3 Å². The molecule has 0 spiro atoms. The summed E-state index contributed by atoms with van der Waals surface area (Å²) in [5.74, 6) is -2.64. The van der Waals surface area contributed by atoms with Crippen molar-refractivity contribution in [3.05, 3.63) is 82.7 Å². The molecular weight excluding hydrogens is 494 g/mol. The fourth-order valence-corrected chi connectivity index (χ4v) is 4.86. The molecule has 202 valence electrons. The molecule has 1 aromatic heterocycles. The third kappa shape index (κ3) is 6.43. The molecule has 3 atom stereocenters. The predicted octanol–water partition coefficient (Wildman–Crippen LogP) is 3.09. The largest absolute Gasteiger partial charge is 0.465 e. The number of hydrogen-bond donors (Lipinski definition) is 1. The zero-order valence-electron chi connectivity index (χ0n) is 21.7. The Morgan fingerprint density at radius 3 is 2.68 bits per heavy atom. The number of amides is 1. The van der Waals surface area contributed by atoms with Gasteiger partial charge in [0.15, 0.2) is 11.6 Å². The Hall–Kier alpha value is -3.63. The summed E-state index contributed by atoms with van der Waals surface area (Å²) < 4.78 is 39.1. The maximum absolute atomic E-state index is 13.9. The first-order valence-corrected chi connectivity index (χ1v) is 12.4. The molecule has 2 aromatic rings. The summed E-state index contributed by atoms with van der Waals surface area (Å²) in [5.41, 5.74) is 2.73. The number of halogens is 2. The number of carbonyl (C=O) groups is 2. The van der Waals surface area contributed by atoms with Gasteiger partial charge in [-0.15, -0.1) is 0 Å². The summed E-state index contributed by atoms with van der Waals surface area (Å²) in [7, 11) is 4.77. The van der Waals surface area contributed by atoms with Crippen LogP contribution in [0.2, 0.25) is 0 Å². The van der Waals surface area contributed by atoms with Gasteiger partial charge >= 0.3 is 5.97 Å². The Kier molecular flexibility index (Phi) is 8.85.